The maximum Gasteiger partial charge on any atom is 0.178 e. The van der Waals surface area contributed by atoms with Crippen LogP contribution >= 0.6 is 0 Å². The summed E-state index contributed by atoms with van der Waals surface area (Å²) in [5, 5.41) is 1.21. The van der Waals surface area contributed by atoms with Crippen molar-refractivity contribution >= 4 is 22.1 Å². The van der Waals surface area contributed by atoms with Crippen LogP contribution in [0.3, 0.4) is 0 Å². The van der Waals surface area contributed by atoms with E-state index in [1.807, 2.05) is 12.3 Å². The molecular weight excluding hydrogens is 224 g/mol. The first kappa shape index (κ1) is 9.41. The Morgan fingerprint density at radius 2 is 1.94 bits per heavy atom. The van der Waals surface area contributed by atoms with Crippen LogP contribution in [0.2, 0.25) is 0 Å². The van der Waals surface area contributed by atoms with Crippen molar-refractivity contribution in [3.8, 4) is 11.1 Å². The Morgan fingerprint density at radius 3 is 2.94 bits per heavy atom. The fraction of sp³-hybridized carbons (Fsp3) is 0. The molecule has 0 radical (unpaired) electrons. The number of nitrogens with one attached hydrogen (secondary N) is 2. The molecule has 0 bridgehead atoms. The Hall–Kier alpha value is -2.62. The summed E-state index contributed by atoms with van der Waals surface area (Å²) in [6, 6.07) is 10.4. The molecule has 18 heavy (non-hydrogen) atoms. The molecule has 4 rings (SSSR count). The Balaban J connectivity index is 2.03. The summed E-state index contributed by atoms with van der Waals surface area (Å²) in [5.41, 5.74) is 5.17. The van der Waals surface area contributed by atoms with Crippen LogP contribution in [-0.4, -0.2) is 19.9 Å². The summed E-state index contributed by atoms with van der Waals surface area (Å²) >= 11 is 0. The lowest BCUT2D eigenvalue weighted by molar-refractivity contribution is 1.30. The molecule has 0 saturated carbocycles. The average Bonchev–Trinajstić information content (AvgIpc) is 3.05. The van der Waals surface area contributed by atoms with Gasteiger partial charge in [0.25, 0.3) is 0 Å². The summed E-state index contributed by atoms with van der Waals surface area (Å²) in [4.78, 5) is 14.8. The molecule has 3 aromatic heterocycles. The fourth-order valence-corrected chi connectivity index (χ4v) is 2.31. The number of nitrogens with zero attached hydrogens (tertiary/aromatic N) is 2. The van der Waals surface area contributed by atoms with Crippen molar-refractivity contribution in [1.29, 1.82) is 0 Å². The van der Waals surface area contributed by atoms with Gasteiger partial charge in [0.15, 0.2) is 5.65 Å². The van der Waals surface area contributed by atoms with Crippen molar-refractivity contribution in [3.05, 3.63) is 49.1 Å². The number of hydrogen-bond acceptors (Lipinski definition) is 2. The third-order valence-electron chi connectivity index (χ3n) is 3.19. The maximum atomic E-state index is 4.23. The molecule has 0 spiro atoms. The minimum atomic E-state index is 0.752. The summed E-state index contributed by atoms with van der Waals surface area (Å²) in [6.07, 6.45) is 5.42. The van der Waals surface area contributed by atoms with Crippen LogP contribution in [0.4, 0.5) is 0 Å². The lowest BCUT2D eigenvalue weighted by Gasteiger charge is -2.03. The van der Waals surface area contributed by atoms with Crippen molar-refractivity contribution in [2.75, 3.05) is 0 Å². The first-order chi connectivity index (χ1) is 8.92. The van der Waals surface area contributed by atoms with E-state index in [1.165, 1.54) is 10.9 Å². The number of rotatable bonds is 1. The van der Waals surface area contributed by atoms with E-state index in [9.17, 15) is 0 Å². The van der Waals surface area contributed by atoms with Crippen LogP contribution in [0.25, 0.3) is 33.2 Å². The van der Waals surface area contributed by atoms with Crippen LogP contribution in [0, 0.1) is 0 Å². The first-order valence-electron chi connectivity index (χ1n) is 5.77. The molecule has 1 aromatic carbocycles. The summed E-state index contributed by atoms with van der Waals surface area (Å²) in [6.45, 7) is 0. The topological polar surface area (TPSA) is 57.4 Å². The maximum absolute atomic E-state index is 4.23. The van der Waals surface area contributed by atoms with Crippen LogP contribution in [0.15, 0.2) is 49.1 Å². The highest BCUT2D eigenvalue weighted by molar-refractivity contribution is 5.93. The second kappa shape index (κ2) is 3.43. The fourth-order valence-electron chi connectivity index (χ4n) is 2.31. The van der Waals surface area contributed by atoms with Crippen molar-refractivity contribution < 1.29 is 0 Å². The smallest absolute Gasteiger partial charge is 0.178 e. The van der Waals surface area contributed by atoms with Gasteiger partial charge in [-0.15, -0.1) is 0 Å². The van der Waals surface area contributed by atoms with Gasteiger partial charge < -0.3 is 9.97 Å². The number of pyridine rings is 1. The monoisotopic (exact) mass is 234 g/mol. The molecule has 0 amide bonds. The zero-order valence-corrected chi connectivity index (χ0v) is 9.51. The number of aromatic nitrogens is 4. The van der Waals surface area contributed by atoms with Crippen LogP contribution < -0.4 is 0 Å². The van der Waals surface area contributed by atoms with Gasteiger partial charge in [0.1, 0.15) is 0 Å². The van der Waals surface area contributed by atoms with Crippen molar-refractivity contribution in [1.82, 2.24) is 19.9 Å². The molecule has 3 heterocycles. The summed E-state index contributed by atoms with van der Waals surface area (Å²) in [5.74, 6) is 0. The van der Waals surface area contributed by atoms with E-state index < -0.39 is 0 Å². The normalized spacial score (nSPS) is 11.3. The Morgan fingerprint density at radius 1 is 0.944 bits per heavy atom. The van der Waals surface area contributed by atoms with Crippen molar-refractivity contribution in [2.24, 2.45) is 0 Å². The van der Waals surface area contributed by atoms with Crippen LogP contribution in [0.1, 0.15) is 0 Å². The molecule has 0 atom stereocenters. The molecule has 0 fully saturated rings. The van der Waals surface area contributed by atoms with Crippen LogP contribution in [-0.2, 0) is 0 Å². The van der Waals surface area contributed by atoms with Gasteiger partial charge in [0.05, 0.1) is 11.8 Å². The lowest BCUT2D eigenvalue weighted by atomic mass is 10.0. The van der Waals surface area contributed by atoms with E-state index in [0.29, 0.717) is 0 Å². The molecule has 86 valence electrons. The van der Waals surface area contributed by atoms with E-state index in [1.54, 1.807) is 12.5 Å². The second-order valence-corrected chi connectivity index (χ2v) is 4.24. The molecule has 2 N–H and O–H groups in total. The molecule has 0 unspecified atom stereocenters. The van der Waals surface area contributed by atoms with Gasteiger partial charge >= 0.3 is 0 Å². The van der Waals surface area contributed by atoms with Gasteiger partial charge in [0.2, 0.25) is 0 Å². The number of imidazole rings is 1. The standard InChI is InChI=1S/C14H10N4/c1-2-12-10(3-5-15-12)7-9(1)11-4-6-16-14-13(11)17-8-18-14/h1-8,15H,(H,16,17,18). The third kappa shape index (κ3) is 1.26. The Kier molecular flexibility index (Phi) is 1.80. The van der Waals surface area contributed by atoms with E-state index in [2.05, 4.69) is 44.2 Å². The van der Waals surface area contributed by atoms with E-state index in [4.69, 9.17) is 0 Å². The SMILES string of the molecule is c1cc(-c2ccc3[nH]ccc3c2)c2[nH]cnc2n1. The Bertz CT molecular complexity index is 841. The first-order valence-corrected chi connectivity index (χ1v) is 5.77. The lowest BCUT2D eigenvalue weighted by Crippen LogP contribution is -1.83. The zero-order valence-electron chi connectivity index (χ0n) is 9.51. The zero-order chi connectivity index (χ0) is 11.9. The van der Waals surface area contributed by atoms with E-state index in [0.717, 1.165) is 22.2 Å². The highest BCUT2D eigenvalue weighted by atomic mass is 14.9. The molecule has 0 saturated heterocycles. The van der Waals surface area contributed by atoms with Gasteiger partial charge in [-0.2, -0.15) is 0 Å². The van der Waals surface area contributed by atoms with Gasteiger partial charge in [-0.1, -0.05) is 6.07 Å². The summed E-state index contributed by atoms with van der Waals surface area (Å²) < 4.78 is 0. The second-order valence-electron chi connectivity index (χ2n) is 4.24. The number of aromatic amines is 2. The molecule has 0 aliphatic carbocycles. The number of hydrogen-bond donors (Lipinski definition) is 2. The predicted molar refractivity (Wildman–Crippen MR) is 71.2 cm³/mol. The molecule has 4 aromatic rings. The van der Waals surface area contributed by atoms with E-state index >= 15 is 0 Å². The van der Waals surface area contributed by atoms with Gasteiger partial charge in [0, 0.05) is 23.5 Å². The molecular formula is C14H10N4. The number of H-pyrrole nitrogens is 2. The van der Waals surface area contributed by atoms with Crippen molar-refractivity contribution in [3.63, 3.8) is 0 Å². The summed E-state index contributed by atoms with van der Waals surface area (Å²) in [7, 11) is 0. The third-order valence-corrected chi connectivity index (χ3v) is 3.19. The quantitative estimate of drug-likeness (QED) is 0.531. The molecule has 4 heteroatoms. The molecule has 4 nitrogen and oxygen atoms in total. The van der Waals surface area contributed by atoms with Gasteiger partial charge in [-0.25, -0.2) is 9.97 Å². The Labute approximate surface area is 103 Å². The highest BCUT2D eigenvalue weighted by Crippen LogP contribution is 2.27. The largest absolute Gasteiger partial charge is 0.361 e. The van der Waals surface area contributed by atoms with E-state index in [-0.39, 0.29) is 0 Å². The molecule has 0 aliphatic rings. The van der Waals surface area contributed by atoms with Crippen LogP contribution in [0.5, 0.6) is 0 Å². The predicted octanol–water partition coefficient (Wildman–Crippen LogP) is 3.11. The van der Waals surface area contributed by atoms with Gasteiger partial charge in [-0.3, -0.25) is 0 Å². The molecule has 0 aliphatic heterocycles. The minimum Gasteiger partial charge on any atom is -0.361 e. The van der Waals surface area contributed by atoms with Gasteiger partial charge in [-0.05, 0) is 35.2 Å². The number of fused-ring (bicyclic) bond motifs is 2. The number of benzene rings is 1. The highest BCUT2D eigenvalue weighted by Gasteiger charge is 2.07. The minimum absolute atomic E-state index is 0.752. The average molecular weight is 234 g/mol. The van der Waals surface area contributed by atoms with Crippen molar-refractivity contribution in [2.45, 2.75) is 0 Å².